The summed E-state index contributed by atoms with van der Waals surface area (Å²) in [7, 11) is 0. The van der Waals surface area contributed by atoms with E-state index >= 15 is 0 Å². The van der Waals surface area contributed by atoms with E-state index < -0.39 is 0 Å². The van der Waals surface area contributed by atoms with Gasteiger partial charge in [-0.15, -0.1) is 0 Å². The SMILES string of the molecule is C=C(OC=O)C1CC=C(OC=O)CC1. The van der Waals surface area contributed by atoms with Crippen LogP contribution in [0.5, 0.6) is 0 Å². The number of rotatable bonds is 5. The van der Waals surface area contributed by atoms with Gasteiger partial charge < -0.3 is 9.47 Å². The first-order chi connectivity index (χ1) is 6.77. The van der Waals surface area contributed by atoms with Crippen molar-refractivity contribution in [2.45, 2.75) is 19.3 Å². The van der Waals surface area contributed by atoms with Crippen LogP contribution in [0.2, 0.25) is 0 Å². The molecule has 1 rings (SSSR count). The van der Waals surface area contributed by atoms with Crippen LogP contribution in [-0.2, 0) is 19.1 Å². The summed E-state index contributed by atoms with van der Waals surface area (Å²) in [4.78, 5) is 20.1. The highest BCUT2D eigenvalue weighted by Crippen LogP contribution is 2.28. The van der Waals surface area contributed by atoms with Gasteiger partial charge in [0.05, 0.1) is 0 Å². The van der Waals surface area contributed by atoms with Crippen molar-refractivity contribution in [3.8, 4) is 0 Å². The highest BCUT2D eigenvalue weighted by atomic mass is 16.5. The maximum atomic E-state index is 10.1. The molecule has 1 atom stereocenters. The van der Waals surface area contributed by atoms with E-state index in [2.05, 4.69) is 11.3 Å². The zero-order valence-corrected chi connectivity index (χ0v) is 7.77. The van der Waals surface area contributed by atoms with Crippen molar-refractivity contribution in [3.05, 3.63) is 24.2 Å². The van der Waals surface area contributed by atoms with E-state index in [1.165, 1.54) is 0 Å². The Morgan fingerprint density at radius 3 is 2.79 bits per heavy atom. The fraction of sp³-hybridized carbons (Fsp3) is 0.400. The van der Waals surface area contributed by atoms with E-state index in [0.717, 1.165) is 6.42 Å². The molecule has 0 aliphatic heterocycles. The Morgan fingerprint density at radius 1 is 1.50 bits per heavy atom. The third-order valence-corrected chi connectivity index (χ3v) is 2.22. The number of ether oxygens (including phenoxy) is 2. The molecule has 1 aliphatic rings. The van der Waals surface area contributed by atoms with Crippen molar-refractivity contribution in [1.82, 2.24) is 0 Å². The van der Waals surface area contributed by atoms with Gasteiger partial charge in [-0.1, -0.05) is 6.58 Å². The van der Waals surface area contributed by atoms with Gasteiger partial charge in [0.2, 0.25) is 0 Å². The molecule has 0 amide bonds. The van der Waals surface area contributed by atoms with Crippen LogP contribution >= 0.6 is 0 Å². The van der Waals surface area contributed by atoms with Gasteiger partial charge in [0.1, 0.15) is 11.5 Å². The molecule has 0 radical (unpaired) electrons. The molecule has 0 aromatic rings. The molecule has 0 saturated carbocycles. The molecular formula is C10H12O4. The second-order valence-corrected chi connectivity index (χ2v) is 3.04. The Hall–Kier alpha value is -1.58. The summed E-state index contributed by atoms with van der Waals surface area (Å²) in [6.45, 7) is 4.44. The van der Waals surface area contributed by atoms with Crippen LogP contribution in [0.15, 0.2) is 24.2 Å². The third kappa shape index (κ3) is 2.73. The van der Waals surface area contributed by atoms with Gasteiger partial charge in [0.25, 0.3) is 12.9 Å². The van der Waals surface area contributed by atoms with E-state index in [-0.39, 0.29) is 5.92 Å². The maximum Gasteiger partial charge on any atom is 0.298 e. The molecule has 1 unspecified atom stereocenters. The van der Waals surface area contributed by atoms with Crippen LogP contribution in [-0.4, -0.2) is 12.9 Å². The summed E-state index contributed by atoms with van der Waals surface area (Å²) in [5.41, 5.74) is 0. The Morgan fingerprint density at radius 2 is 2.29 bits per heavy atom. The highest BCUT2D eigenvalue weighted by Gasteiger charge is 2.18. The quantitative estimate of drug-likeness (QED) is 0.494. The van der Waals surface area contributed by atoms with Crippen molar-refractivity contribution >= 4 is 12.9 Å². The minimum Gasteiger partial charge on any atom is -0.434 e. The number of hydrogen-bond acceptors (Lipinski definition) is 4. The summed E-state index contributed by atoms with van der Waals surface area (Å²) in [5, 5.41) is 0. The summed E-state index contributed by atoms with van der Waals surface area (Å²) in [6, 6.07) is 0. The van der Waals surface area contributed by atoms with E-state index in [4.69, 9.17) is 4.74 Å². The monoisotopic (exact) mass is 196 g/mol. The largest absolute Gasteiger partial charge is 0.434 e. The Bertz CT molecular complexity index is 267. The number of allylic oxidation sites excluding steroid dienone is 3. The molecule has 0 fully saturated rings. The van der Waals surface area contributed by atoms with E-state index in [1.54, 1.807) is 0 Å². The molecule has 76 valence electrons. The Kier molecular flexibility index (Phi) is 3.91. The summed E-state index contributed by atoms with van der Waals surface area (Å²) in [5.74, 6) is 1.29. The fourth-order valence-electron chi connectivity index (χ4n) is 1.43. The van der Waals surface area contributed by atoms with Crippen LogP contribution in [0.4, 0.5) is 0 Å². The first kappa shape index (κ1) is 10.5. The second-order valence-electron chi connectivity index (χ2n) is 3.04. The average molecular weight is 196 g/mol. The Balaban J connectivity index is 2.45. The van der Waals surface area contributed by atoms with Gasteiger partial charge >= 0.3 is 0 Å². The van der Waals surface area contributed by atoms with E-state index in [0.29, 0.717) is 37.3 Å². The number of carbonyl (C=O) groups excluding carboxylic acids is 2. The lowest BCUT2D eigenvalue weighted by atomic mass is 9.92. The molecule has 0 heterocycles. The van der Waals surface area contributed by atoms with Gasteiger partial charge in [-0.2, -0.15) is 0 Å². The molecule has 0 aromatic heterocycles. The number of carbonyl (C=O) groups is 2. The molecule has 0 N–H and O–H groups in total. The highest BCUT2D eigenvalue weighted by molar-refractivity contribution is 5.41. The van der Waals surface area contributed by atoms with Gasteiger partial charge in [-0.25, -0.2) is 0 Å². The van der Waals surface area contributed by atoms with Gasteiger partial charge in [-0.3, -0.25) is 9.59 Å². The second kappa shape index (κ2) is 5.21. The van der Waals surface area contributed by atoms with Gasteiger partial charge in [0.15, 0.2) is 0 Å². The molecule has 4 nitrogen and oxygen atoms in total. The van der Waals surface area contributed by atoms with Crippen molar-refractivity contribution in [1.29, 1.82) is 0 Å². The van der Waals surface area contributed by atoms with Crippen molar-refractivity contribution in [2.75, 3.05) is 0 Å². The van der Waals surface area contributed by atoms with Crippen molar-refractivity contribution < 1.29 is 19.1 Å². The topological polar surface area (TPSA) is 52.6 Å². The molecule has 14 heavy (non-hydrogen) atoms. The zero-order valence-electron chi connectivity index (χ0n) is 7.77. The minimum atomic E-state index is 0.138. The van der Waals surface area contributed by atoms with E-state index in [9.17, 15) is 9.59 Å². The summed E-state index contributed by atoms with van der Waals surface area (Å²) < 4.78 is 9.37. The molecule has 0 aromatic carbocycles. The van der Waals surface area contributed by atoms with Crippen molar-refractivity contribution in [3.63, 3.8) is 0 Å². The first-order valence-electron chi connectivity index (χ1n) is 4.36. The van der Waals surface area contributed by atoms with E-state index in [1.807, 2.05) is 6.08 Å². The van der Waals surface area contributed by atoms with Gasteiger partial charge in [-0.05, 0) is 18.9 Å². The average Bonchev–Trinajstić information content (AvgIpc) is 2.20. The number of hydrogen-bond donors (Lipinski definition) is 0. The lowest BCUT2D eigenvalue weighted by molar-refractivity contribution is -0.125. The predicted molar refractivity (Wildman–Crippen MR) is 48.9 cm³/mol. The normalized spacial score (nSPS) is 20.6. The standard InChI is InChI=1S/C10H12O4/c1-8(13-6-11)9-2-4-10(5-3-9)14-7-12/h4,6-7,9H,1-3,5H2. The molecule has 1 aliphatic carbocycles. The first-order valence-corrected chi connectivity index (χ1v) is 4.36. The summed E-state index contributed by atoms with van der Waals surface area (Å²) in [6.07, 6.45) is 3.97. The van der Waals surface area contributed by atoms with Crippen LogP contribution in [0.3, 0.4) is 0 Å². The maximum absolute atomic E-state index is 10.1. The van der Waals surface area contributed by atoms with Gasteiger partial charge in [0, 0.05) is 12.3 Å². The van der Waals surface area contributed by atoms with Crippen LogP contribution < -0.4 is 0 Å². The molecule has 0 saturated heterocycles. The van der Waals surface area contributed by atoms with Crippen LogP contribution in [0, 0.1) is 5.92 Å². The molecule has 0 spiro atoms. The lowest BCUT2D eigenvalue weighted by Crippen LogP contribution is -2.10. The molecular weight excluding hydrogens is 184 g/mol. The predicted octanol–water partition coefficient (Wildman–Crippen LogP) is 1.53. The van der Waals surface area contributed by atoms with Crippen LogP contribution in [0.25, 0.3) is 0 Å². The van der Waals surface area contributed by atoms with Crippen molar-refractivity contribution in [2.24, 2.45) is 5.92 Å². The Labute approximate surface area is 82.2 Å². The fourth-order valence-corrected chi connectivity index (χ4v) is 1.43. The molecule has 4 heteroatoms. The zero-order chi connectivity index (χ0) is 10.4. The smallest absolute Gasteiger partial charge is 0.298 e. The molecule has 0 bridgehead atoms. The third-order valence-electron chi connectivity index (χ3n) is 2.22. The lowest BCUT2D eigenvalue weighted by Gasteiger charge is -2.20. The minimum absolute atomic E-state index is 0.138. The van der Waals surface area contributed by atoms with Crippen LogP contribution in [0.1, 0.15) is 19.3 Å². The summed E-state index contributed by atoms with van der Waals surface area (Å²) >= 11 is 0.